The monoisotopic (exact) mass is 263 g/mol. The van der Waals surface area contributed by atoms with Crippen molar-refractivity contribution in [2.24, 2.45) is 0 Å². The van der Waals surface area contributed by atoms with E-state index in [1.54, 1.807) is 14.2 Å². The molecule has 1 atom stereocenters. The van der Waals surface area contributed by atoms with Gasteiger partial charge in [0.1, 0.15) is 5.75 Å². The highest BCUT2D eigenvalue weighted by Crippen LogP contribution is 2.26. The van der Waals surface area contributed by atoms with E-state index < -0.39 is 0 Å². The molecule has 104 valence electrons. The Kier molecular flexibility index (Phi) is 4.43. The van der Waals surface area contributed by atoms with Gasteiger partial charge < -0.3 is 14.4 Å². The molecule has 1 aromatic rings. The topological polar surface area (TPSA) is 38.8 Å². The zero-order valence-corrected chi connectivity index (χ0v) is 11.8. The van der Waals surface area contributed by atoms with Gasteiger partial charge in [0, 0.05) is 13.7 Å². The largest absolute Gasteiger partial charge is 0.496 e. The molecule has 0 radical (unpaired) electrons. The van der Waals surface area contributed by atoms with Crippen molar-refractivity contribution in [1.29, 1.82) is 0 Å². The molecule has 1 aliphatic heterocycles. The first-order chi connectivity index (χ1) is 9.17. The van der Waals surface area contributed by atoms with E-state index in [1.165, 1.54) is 0 Å². The molecule has 0 bridgehead atoms. The molecule has 2 rings (SSSR count). The van der Waals surface area contributed by atoms with E-state index in [-0.39, 0.29) is 11.9 Å². The lowest BCUT2D eigenvalue weighted by molar-refractivity contribution is 0.0627. The molecule has 4 heteroatoms. The summed E-state index contributed by atoms with van der Waals surface area (Å²) in [7, 11) is 3.27. The van der Waals surface area contributed by atoms with E-state index in [0.717, 1.165) is 24.9 Å². The van der Waals surface area contributed by atoms with Crippen LogP contribution in [-0.2, 0) is 4.74 Å². The average Bonchev–Trinajstić information content (AvgIpc) is 2.86. The van der Waals surface area contributed by atoms with Crippen LogP contribution < -0.4 is 4.74 Å². The standard InChI is InChI=1S/C15H21NO3/c1-11-6-7-14(19-3)13(9-11)15(17)16-8-4-5-12(16)10-18-2/h6-7,9,12H,4-5,8,10H2,1-3H3/t12-/m0/s1. The number of rotatable bonds is 4. The lowest BCUT2D eigenvalue weighted by atomic mass is 10.1. The van der Waals surface area contributed by atoms with Crippen LogP contribution in [0.3, 0.4) is 0 Å². The van der Waals surface area contributed by atoms with Crippen molar-refractivity contribution in [3.63, 3.8) is 0 Å². The van der Waals surface area contributed by atoms with Gasteiger partial charge in [-0.2, -0.15) is 0 Å². The van der Waals surface area contributed by atoms with Crippen molar-refractivity contribution in [3.05, 3.63) is 29.3 Å². The highest BCUT2D eigenvalue weighted by molar-refractivity contribution is 5.97. The van der Waals surface area contributed by atoms with Crippen LogP contribution in [0.1, 0.15) is 28.8 Å². The molecular formula is C15H21NO3. The van der Waals surface area contributed by atoms with Crippen molar-refractivity contribution in [3.8, 4) is 5.75 Å². The van der Waals surface area contributed by atoms with Crippen LogP contribution in [0.4, 0.5) is 0 Å². The zero-order chi connectivity index (χ0) is 13.8. The number of hydrogen-bond acceptors (Lipinski definition) is 3. The summed E-state index contributed by atoms with van der Waals surface area (Å²) >= 11 is 0. The van der Waals surface area contributed by atoms with Crippen LogP contribution in [-0.4, -0.2) is 44.2 Å². The summed E-state index contributed by atoms with van der Waals surface area (Å²) in [6.07, 6.45) is 2.04. The van der Waals surface area contributed by atoms with Crippen LogP contribution in [0, 0.1) is 6.92 Å². The fourth-order valence-corrected chi connectivity index (χ4v) is 2.61. The van der Waals surface area contributed by atoms with Crippen molar-refractivity contribution in [2.75, 3.05) is 27.4 Å². The maximum absolute atomic E-state index is 12.7. The molecule has 1 aliphatic rings. The van der Waals surface area contributed by atoms with Gasteiger partial charge in [-0.05, 0) is 31.9 Å². The van der Waals surface area contributed by atoms with E-state index in [4.69, 9.17) is 9.47 Å². The second kappa shape index (κ2) is 6.06. The third-order valence-electron chi connectivity index (χ3n) is 3.58. The summed E-state index contributed by atoms with van der Waals surface area (Å²) in [6.45, 7) is 3.37. The zero-order valence-electron chi connectivity index (χ0n) is 11.8. The summed E-state index contributed by atoms with van der Waals surface area (Å²) in [4.78, 5) is 14.6. The smallest absolute Gasteiger partial charge is 0.257 e. The highest BCUT2D eigenvalue weighted by Gasteiger charge is 2.30. The molecule has 1 fully saturated rings. The fraction of sp³-hybridized carbons (Fsp3) is 0.533. The van der Waals surface area contributed by atoms with Gasteiger partial charge in [-0.1, -0.05) is 11.6 Å². The molecule has 1 heterocycles. The number of ether oxygens (including phenoxy) is 2. The van der Waals surface area contributed by atoms with E-state index in [9.17, 15) is 4.79 Å². The molecule has 0 saturated carbocycles. The normalized spacial score (nSPS) is 18.7. The van der Waals surface area contributed by atoms with Crippen molar-refractivity contribution in [1.82, 2.24) is 4.90 Å². The first-order valence-electron chi connectivity index (χ1n) is 6.62. The third kappa shape index (κ3) is 2.89. The molecular weight excluding hydrogens is 242 g/mol. The van der Waals surface area contributed by atoms with Gasteiger partial charge in [-0.3, -0.25) is 4.79 Å². The van der Waals surface area contributed by atoms with Gasteiger partial charge in [-0.15, -0.1) is 0 Å². The summed E-state index contributed by atoms with van der Waals surface area (Å²) < 4.78 is 10.5. The van der Waals surface area contributed by atoms with Crippen LogP contribution >= 0.6 is 0 Å². The molecule has 1 amide bonds. The lowest BCUT2D eigenvalue weighted by Crippen LogP contribution is -2.38. The molecule has 19 heavy (non-hydrogen) atoms. The molecule has 0 unspecified atom stereocenters. The first kappa shape index (κ1) is 13.9. The average molecular weight is 263 g/mol. The van der Waals surface area contributed by atoms with Gasteiger partial charge in [0.2, 0.25) is 0 Å². The van der Waals surface area contributed by atoms with Gasteiger partial charge in [0.05, 0.1) is 25.3 Å². The number of likely N-dealkylation sites (tertiary alicyclic amines) is 1. The van der Waals surface area contributed by atoms with E-state index in [2.05, 4.69) is 0 Å². The molecule has 1 saturated heterocycles. The Balaban J connectivity index is 2.25. The third-order valence-corrected chi connectivity index (χ3v) is 3.58. The Morgan fingerprint density at radius 1 is 1.42 bits per heavy atom. The summed E-state index contributed by atoms with van der Waals surface area (Å²) in [6, 6.07) is 5.88. The molecule has 0 aromatic heterocycles. The van der Waals surface area contributed by atoms with Crippen LogP contribution in [0.2, 0.25) is 0 Å². The van der Waals surface area contributed by atoms with E-state index in [0.29, 0.717) is 17.9 Å². The Morgan fingerprint density at radius 3 is 2.89 bits per heavy atom. The summed E-state index contributed by atoms with van der Waals surface area (Å²) in [5.41, 5.74) is 1.71. The van der Waals surface area contributed by atoms with Crippen molar-refractivity contribution in [2.45, 2.75) is 25.8 Å². The highest BCUT2D eigenvalue weighted by atomic mass is 16.5. The molecule has 0 aliphatic carbocycles. The van der Waals surface area contributed by atoms with Gasteiger partial charge in [-0.25, -0.2) is 0 Å². The van der Waals surface area contributed by atoms with Crippen LogP contribution in [0.15, 0.2) is 18.2 Å². The SMILES string of the molecule is COC[C@@H]1CCCN1C(=O)c1cc(C)ccc1OC. The molecule has 0 N–H and O–H groups in total. The minimum absolute atomic E-state index is 0.0418. The lowest BCUT2D eigenvalue weighted by Gasteiger charge is -2.25. The van der Waals surface area contributed by atoms with E-state index >= 15 is 0 Å². The molecule has 4 nitrogen and oxygen atoms in total. The van der Waals surface area contributed by atoms with Crippen LogP contribution in [0.25, 0.3) is 0 Å². The van der Waals surface area contributed by atoms with Crippen molar-refractivity contribution < 1.29 is 14.3 Å². The fourth-order valence-electron chi connectivity index (χ4n) is 2.61. The number of benzene rings is 1. The molecule has 1 aromatic carbocycles. The van der Waals surface area contributed by atoms with Gasteiger partial charge in [0.15, 0.2) is 0 Å². The number of carbonyl (C=O) groups excluding carboxylic acids is 1. The number of aryl methyl sites for hydroxylation is 1. The Morgan fingerprint density at radius 2 is 2.21 bits per heavy atom. The maximum Gasteiger partial charge on any atom is 0.257 e. The number of nitrogens with zero attached hydrogens (tertiary/aromatic N) is 1. The second-order valence-electron chi connectivity index (χ2n) is 4.95. The summed E-state index contributed by atoms with van der Waals surface area (Å²) in [5.74, 6) is 0.679. The number of carbonyl (C=O) groups is 1. The number of hydrogen-bond donors (Lipinski definition) is 0. The maximum atomic E-state index is 12.7. The number of methoxy groups -OCH3 is 2. The predicted molar refractivity (Wildman–Crippen MR) is 73.7 cm³/mol. The predicted octanol–water partition coefficient (Wildman–Crippen LogP) is 2.25. The minimum atomic E-state index is 0.0418. The van der Waals surface area contributed by atoms with E-state index in [1.807, 2.05) is 30.0 Å². The Labute approximate surface area is 114 Å². The Hall–Kier alpha value is -1.55. The summed E-state index contributed by atoms with van der Waals surface area (Å²) in [5, 5.41) is 0. The minimum Gasteiger partial charge on any atom is -0.496 e. The first-order valence-corrected chi connectivity index (χ1v) is 6.62. The second-order valence-corrected chi connectivity index (χ2v) is 4.95. The number of amides is 1. The van der Waals surface area contributed by atoms with Crippen molar-refractivity contribution >= 4 is 5.91 Å². The van der Waals surface area contributed by atoms with Gasteiger partial charge in [0.25, 0.3) is 5.91 Å². The quantitative estimate of drug-likeness (QED) is 0.836. The van der Waals surface area contributed by atoms with Gasteiger partial charge >= 0.3 is 0 Å². The van der Waals surface area contributed by atoms with Crippen LogP contribution in [0.5, 0.6) is 5.75 Å². The Bertz CT molecular complexity index is 459. The molecule has 0 spiro atoms.